The van der Waals surface area contributed by atoms with E-state index in [9.17, 15) is 4.79 Å². The molecule has 20 heavy (non-hydrogen) atoms. The van der Waals surface area contributed by atoms with Crippen molar-refractivity contribution in [2.45, 2.75) is 20.0 Å². The number of para-hydroxylation sites is 1. The first-order valence-corrected chi connectivity index (χ1v) is 6.45. The smallest absolute Gasteiger partial charge is 0.238 e. The van der Waals surface area contributed by atoms with Crippen molar-refractivity contribution in [3.05, 3.63) is 65.2 Å². The fourth-order valence-corrected chi connectivity index (χ4v) is 1.97. The van der Waals surface area contributed by atoms with Crippen molar-refractivity contribution in [3.8, 4) is 5.75 Å². The van der Waals surface area contributed by atoms with Crippen molar-refractivity contribution in [2.75, 3.05) is 0 Å². The second kappa shape index (κ2) is 6.73. The molecule has 0 aliphatic heterocycles. The van der Waals surface area contributed by atoms with Crippen LogP contribution in [0.1, 0.15) is 16.7 Å². The van der Waals surface area contributed by atoms with E-state index in [1.54, 1.807) is 0 Å². The van der Waals surface area contributed by atoms with Gasteiger partial charge in [-0.3, -0.25) is 10.2 Å². The third-order valence-corrected chi connectivity index (χ3v) is 3.11. The number of rotatable bonds is 5. The number of carbonyl (C=O) groups is 1. The first-order valence-electron chi connectivity index (χ1n) is 6.45. The minimum atomic E-state index is -0.214. The van der Waals surface area contributed by atoms with E-state index in [-0.39, 0.29) is 12.3 Å². The third-order valence-electron chi connectivity index (χ3n) is 3.11. The number of nitrogens with two attached hydrogens (primary N) is 1. The van der Waals surface area contributed by atoms with Crippen LogP contribution in [0.25, 0.3) is 0 Å². The average Bonchev–Trinajstić information content (AvgIpc) is 2.47. The Labute approximate surface area is 118 Å². The Morgan fingerprint density at radius 1 is 1.10 bits per heavy atom. The predicted octanol–water partition coefficient (Wildman–Crippen LogP) is 2.11. The Bertz CT molecular complexity index is 597. The maximum atomic E-state index is 11.4. The molecule has 2 aromatic rings. The topological polar surface area (TPSA) is 64.3 Å². The number of nitrogens with one attached hydrogen (secondary N) is 1. The van der Waals surface area contributed by atoms with Crippen LogP contribution < -0.4 is 16.0 Å². The van der Waals surface area contributed by atoms with Gasteiger partial charge in [-0.2, -0.15) is 0 Å². The molecule has 0 radical (unpaired) electrons. The SMILES string of the molecule is Cc1ccccc1OCc1ccccc1CC(=O)NN. The van der Waals surface area contributed by atoms with Crippen LogP contribution >= 0.6 is 0 Å². The van der Waals surface area contributed by atoms with Crippen LogP contribution in [0.4, 0.5) is 0 Å². The third kappa shape index (κ3) is 3.59. The number of hydrogen-bond acceptors (Lipinski definition) is 3. The van der Waals surface area contributed by atoms with Crippen molar-refractivity contribution >= 4 is 5.91 Å². The second-order valence-electron chi connectivity index (χ2n) is 4.57. The normalized spacial score (nSPS) is 10.1. The van der Waals surface area contributed by atoms with Crippen molar-refractivity contribution < 1.29 is 9.53 Å². The predicted molar refractivity (Wildman–Crippen MR) is 78.0 cm³/mol. The van der Waals surface area contributed by atoms with Gasteiger partial charge in [0, 0.05) is 0 Å². The molecule has 4 nitrogen and oxygen atoms in total. The molecule has 0 aromatic heterocycles. The summed E-state index contributed by atoms with van der Waals surface area (Å²) < 4.78 is 5.82. The van der Waals surface area contributed by atoms with Crippen LogP contribution in [-0.2, 0) is 17.8 Å². The molecule has 0 saturated heterocycles. The molecule has 3 N–H and O–H groups in total. The van der Waals surface area contributed by atoms with Gasteiger partial charge >= 0.3 is 0 Å². The molecule has 1 amide bonds. The Kier molecular flexibility index (Phi) is 4.74. The molecular formula is C16H18N2O2. The van der Waals surface area contributed by atoms with Gasteiger partial charge in [0.25, 0.3) is 0 Å². The molecule has 0 fully saturated rings. The summed E-state index contributed by atoms with van der Waals surface area (Å²) in [5.41, 5.74) is 5.14. The number of benzene rings is 2. The largest absolute Gasteiger partial charge is 0.489 e. The van der Waals surface area contributed by atoms with Crippen molar-refractivity contribution in [2.24, 2.45) is 5.84 Å². The van der Waals surface area contributed by atoms with E-state index in [1.807, 2.05) is 55.5 Å². The van der Waals surface area contributed by atoms with Gasteiger partial charge in [-0.1, -0.05) is 42.5 Å². The zero-order valence-electron chi connectivity index (χ0n) is 11.4. The van der Waals surface area contributed by atoms with Crippen molar-refractivity contribution in [1.82, 2.24) is 5.43 Å². The lowest BCUT2D eigenvalue weighted by Crippen LogP contribution is -2.31. The van der Waals surface area contributed by atoms with E-state index >= 15 is 0 Å². The fourth-order valence-electron chi connectivity index (χ4n) is 1.97. The van der Waals surface area contributed by atoms with Gasteiger partial charge in [-0.05, 0) is 29.7 Å². The number of amides is 1. The molecule has 0 spiro atoms. The molecule has 0 aliphatic rings. The van der Waals surface area contributed by atoms with Crippen LogP contribution in [0.5, 0.6) is 5.75 Å². The molecule has 0 heterocycles. The molecule has 104 valence electrons. The maximum Gasteiger partial charge on any atom is 0.238 e. The lowest BCUT2D eigenvalue weighted by Gasteiger charge is -2.12. The van der Waals surface area contributed by atoms with Gasteiger partial charge in [0.2, 0.25) is 5.91 Å². The van der Waals surface area contributed by atoms with E-state index in [0.717, 1.165) is 22.4 Å². The van der Waals surface area contributed by atoms with Gasteiger partial charge in [-0.15, -0.1) is 0 Å². The van der Waals surface area contributed by atoms with Crippen molar-refractivity contribution in [1.29, 1.82) is 0 Å². The summed E-state index contributed by atoms with van der Waals surface area (Å²) in [6.07, 6.45) is 0.254. The summed E-state index contributed by atoms with van der Waals surface area (Å²) in [6, 6.07) is 15.5. The average molecular weight is 270 g/mol. The molecule has 0 aliphatic carbocycles. The summed E-state index contributed by atoms with van der Waals surface area (Å²) in [4.78, 5) is 11.4. The molecule has 4 heteroatoms. The minimum Gasteiger partial charge on any atom is -0.489 e. The minimum absolute atomic E-state index is 0.214. The van der Waals surface area contributed by atoms with Gasteiger partial charge < -0.3 is 4.74 Å². The first-order chi connectivity index (χ1) is 9.70. The van der Waals surface area contributed by atoms with Gasteiger partial charge in [0.05, 0.1) is 6.42 Å². The summed E-state index contributed by atoms with van der Waals surface area (Å²) in [5, 5.41) is 0. The Balaban J connectivity index is 2.10. The van der Waals surface area contributed by atoms with Crippen molar-refractivity contribution in [3.63, 3.8) is 0 Å². The van der Waals surface area contributed by atoms with E-state index in [0.29, 0.717) is 6.61 Å². The van der Waals surface area contributed by atoms with Gasteiger partial charge in [0.1, 0.15) is 12.4 Å². The van der Waals surface area contributed by atoms with E-state index in [4.69, 9.17) is 10.6 Å². The number of hydrazine groups is 1. The Hall–Kier alpha value is -2.33. The summed E-state index contributed by atoms with van der Waals surface area (Å²) >= 11 is 0. The van der Waals surface area contributed by atoms with Crippen LogP contribution in [0.15, 0.2) is 48.5 Å². The lowest BCUT2D eigenvalue weighted by atomic mass is 10.0. The highest BCUT2D eigenvalue weighted by molar-refractivity contribution is 5.78. The standard InChI is InChI=1S/C16H18N2O2/c1-12-6-2-5-9-15(12)20-11-14-8-4-3-7-13(14)10-16(19)18-17/h2-9H,10-11,17H2,1H3,(H,18,19). The van der Waals surface area contributed by atoms with E-state index < -0.39 is 0 Å². The van der Waals surface area contributed by atoms with Crippen LogP contribution in [0.3, 0.4) is 0 Å². The number of carbonyl (C=O) groups excluding carboxylic acids is 1. The highest BCUT2D eigenvalue weighted by Gasteiger charge is 2.07. The zero-order chi connectivity index (χ0) is 14.4. The number of aryl methyl sites for hydroxylation is 1. The molecule has 2 aromatic carbocycles. The molecule has 0 unspecified atom stereocenters. The number of ether oxygens (including phenoxy) is 1. The molecule has 0 saturated carbocycles. The van der Waals surface area contributed by atoms with E-state index in [2.05, 4.69) is 5.43 Å². The van der Waals surface area contributed by atoms with Crippen LogP contribution in [0.2, 0.25) is 0 Å². The van der Waals surface area contributed by atoms with Gasteiger partial charge in [-0.25, -0.2) is 5.84 Å². The quantitative estimate of drug-likeness (QED) is 0.497. The molecule has 2 rings (SSSR count). The Morgan fingerprint density at radius 2 is 1.75 bits per heavy atom. The van der Waals surface area contributed by atoms with E-state index in [1.165, 1.54) is 0 Å². The van der Waals surface area contributed by atoms with Gasteiger partial charge in [0.15, 0.2) is 0 Å². The zero-order valence-corrected chi connectivity index (χ0v) is 11.4. The fraction of sp³-hybridized carbons (Fsp3) is 0.188. The summed E-state index contributed by atoms with van der Waals surface area (Å²) in [6.45, 7) is 2.43. The molecule has 0 bridgehead atoms. The second-order valence-corrected chi connectivity index (χ2v) is 4.57. The maximum absolute atomic E-state index is 11.4. The molecular weight excluding hydrogens is 252 g/mol. The lowest BCUT2D eigenvalue weighted by molar-refractivity contribution is -0.120. The summed E-state index contributed by atoms with van der Waals surface area (Å²) in [7, 11) is 0. The van der Waals surface area contributed by atoms with Crippen LogP contribution in [-0.4, -0.2) is 5.91 Å². The Morgan fingerprint density at radius 3 is 2.45 bits per heavy atom. The summed E-state index contributed by atoms with van der Waals surface area (Å²) in [5.74, 6) is 5.76. The monoisotopic (exact) mass is 270 g/mol. The first kappa shape index (κ1) is 14.1. The number of hydrogen-bond donors (Lipinski definition) is 2. The van der Waals surface area contributed by atoms with Crippen LogP contribution in [0, 0.1) is 6.92 Å². The molecule has 0 atom stereocenters. The highest BCUT2D eigenvalue weighted by Crippen LogP contribution is 2.19. The highest BCUT2D eigenvalue weighted by atomic mass is 16.5.